The van der Waals surface area contributed by atoms with Gasteiger partial charge in [0.1, 0.15) is 17.3 Å². The van der Waals surface area contributed by atoms with Crippen LogP contribution in [0.25, 0.3) is 10.9 Å². The van der Waals surface area contributed by atoms with E-state index in [1.807, 2.05) is 56.6 Å². The molecule has 0 unspecified atom stereocenters. The number of nitrogens with zero attached hydrogens (tertiary/aromatic N) is 3. The molecule has 1 aliphatic rings. The number of para-hydroxylation sites is 2. The number of hydrogen-bond donors (Lipinski definition) is 2. The normalized spacial score (nSPS) is 17.6. The molecular formula is C30H35N5O. The summed E-state index contributed by atoms with van der Waals surface area (Å²) in [5, 5.41) is 8.45. The molecule has 1 aromatic heterocycles. The largest absolute Gasteiger partial charge is 0.457 e. The molecule has 0 spiro atoms. The molecule has 0 atom stereocenters. The average molecular weight is 482 g/mol. The Labute approximate surface area is 213 Å². The maximum Gasteiger partial charge on any atom is 0.225 e. The zero-order valence-corrected chi connectivity index (χ0v) is 21.2. The lowest BCUT2D eigenvalue weighted by atomic mass is 9.91. The Kier molecular flexibility index (Phi) is 7.62. The first-order valence-corrected chi connectivity index (χ1v) is 12.9. The highest BCUT2D eigenvalue weighted by molar-refractivity contribution is 5.90. The minimum Gasteiger partial charge on any atom is -0.457 e. The molecule has 5 rings (SSSR count). The van der Waals surface area contributed by atoms with E-state index in [4.69, 9.17) is 14.7 Å². The van der Waals surface area contributed by atoms with Gasteiger partial charge in [0, 0.05) is 31.6 Å². The Balaban J connectivity index is 1.07. The van der Waals surface area contributed by atoms with Crippen molar-refractivity contribution in [1.29, 1.82) is 0 Å². The molecule has 1 heterocycles. The Hall–Kier alpha value is -3.64. The van der Waals surface area contributed by atoms with Gasteiger partial charge in [-0.1, -0.05) is 42.5 Å². The summed E-state index contributed by atoms with van der Waals surface area (Å²) in [6.45, 7) is 0.988. The van der Waals surface area contributed by atoms with Crippen molar-refractivity contribution >= 4 is 22.7 Å². The second-order valence-electron chi connectivity index (χ2n) is 9.74. The number of benzene rings is 3. The molecule has 0 aliphatic heterocycles. The van der Waals surface area contributed by atoms with Crippen molar-refractivity contribution in [3.63, 3.8) is 0 Å². The maximum absolute atomic E-state index is 5.89. The quantitative estimate of drug-likeness (QED) is 0.304. The summed E-state index contributed by atoms with van der Waals surface area (Å²) >= 11 is 0. The minimum absolute atomic E-state index is 0.413. The number of nitrogens with one attached hydrogen (secondary N) is 2. The van der Waals surface area contributed by atoms with Gasteiger partial charge in [-0.3, -0.25) is 0 Å². The standard InChI is InChI=1S/C30H35N5O/c1-35(2)29-27-10-6-7-11-28(27)33-30(34-29)32-24-16-14-23(15-17-24)31-21-20-22-12-18-26(19-13-22)36-25-8-4-3-5-9-25/h3-13,18-19,23-24,31H,14-17,20-21H2,1-2H3,(H,32,33,34)/t23-,24+. The van der Waals surface area contributed by atoms with E-state index in [0.29, 0.717) is 12.1 Å². The highest BCUT2D eigenvalue weighted by Gasteiger charge is 2.22. The van der Waals surface area contributed by atoms with Crippen LogP contribution in [0.15, 0.2) is 78.9 Å². The summed E-state index contributed by atoms with van der Waals surface area (Å²) in [4.78, 5) is 11.6. The molecule has 3 aromatic carbocycles. The molecule has 2 N–H and O–H groups in total. The molecule has 6 nitrogen and oxygen atoms in total. The van der Waals surface area contributed by atoms with Crippen LogP contribution in [0.2, 0.25) is 0 Å². The van der Waals surface area contributed by atoms with Gasteiger partial charge in [-0.05, 0) is 80.6 Å². The third kappa shape index (κ3) is 6.13. The molecule has 0 radical (unpaired) electrons. The highest BCUT2D eigenvalue weighted by Crippen LogP contribution is 2.26. The summed E-state index contributed by atoms with van der Waals surface area (Å²) in [7, 11) is 4.06. The summed E-state index contributed by atoms with van der Waals surface area (Å²) in [6.07, 6.45) is 5.58. The number of aromatic nitrogens is 2. The second-order valence-corrected chi connectivity index (χ2v) is 9.74. The summed E-state index contributed by atoms with van der Waals surface area (Å²) in [5.74, 6) is 3.42. The van der Waals surface area contributed by atoms with E-state index in [1.165, 1.54) is 5.56 Å². The van der Waals surface area contributed by atoms with E-state index in [1.54, 1.807) is 0 Å². The summed E-state index contributed by atoms with van der Waals surface area (Å²) < 4.78 is 5.89. The van der Waals surface area contributed by atoms with Gasteiger partial charge in [-0.2, -0.15) is 4.98 Å². The van der Waals surface area contributed by atoms with Gasteiger partial charge in [0.2, 0.25) is 5.95 Å². The maximum atomic E-state index is 5.89. The van der Waals surface area contributed by atoms with Gasteiger partial charge < -0.3 is 20.3 Å². The number of hydrogen-bond acceptors (Lipinski definition) is 6. The Morgan fingerprint density at radius 3 is 2.19 bits per heavy atom. The zero-order valence-electron chi connectivity index (χ0n) is 21.2. The topological polar surface area (TPSA) is 62.3 Å². The first-order chi connectivity index (χ1) is 17.6. The third-order valence-electron chi connectivity index (χ3n) is 6.82. The van der Waals surface area contributed by atoms with Crippen molar-refractivity contribution in [2.45, 2.75) is 44.2 Å². The average Bonchev–Trinajstić information content (AvgIpc) is 2.91. The van der Waals surface area contributed by atoms with Crippen LogP contribution in [-0.2, 0) is 6.42 Å². The Morgan fingerprint density at radius 2 is 1.44 bits per heavy atom. The third-order valence-corrected chi connectivity index (χ3v) is 6.82. The van der Waals surface area contributed by atoms with Crippen LogP contribution < -0.4 is 20.3 Å². The SMILES string of the molecule is CN(C)c1nc(N[C@H]2CC[C@@H](NCCc3ccc(Oc4ccccc4)cc3)CC2)nc2ccccc12. The zero-order chi connectivity index (χ0) is 24.7. The summed E-state index contributed by atoms with van der Waals surface area (Å²) in [6, 6.07) is 27.5. The van der Waals surface area contributed by atoms with Gasteiger partial charge >= 0.3 is 0 Å². The molecule has 0 amide bonds. The monoisotopic (exact) mass is 481 g/mol. The number of anilines is 2. The van der Waals surface area contributed by atoms with Crippen molar-refractivity contribution in [2.75, 3.05) is 30.9 Å². The van der Waals surface area contributed by atoms with Crippen LogP contribution in [0.5, 0.6) is 11.5 Å². The first kappa shape index (κ1) is 24.1. The molecule has 6 heteroatoms. The smallest absolute Gasteiger partial charge is 0.225 e. The molecule has 1 saturated carbocycles. The number of ether oxygens (including phenoxy) is 1. The van der Waals surface area contributed by atoms with E-state index in [0.717, 1.165) is 72.8 Å². The van der Waals surface area contributed by atoms with Crippen LogP contribution in [0.1, 0.15) is 31.2 Å². The van der Waals surface area contributed by atoms with Gasteiger partial charge in [-0.25, -0.2) is 4.98 Å². The molecule has 0 bridgehead atoms. The first-order valence-electron chi connectivity index (χ1n) is 12.9. The predicted octanol–water partition coefficient (Wildman–Crippen LogP) is 6.04. The number of fused-ring (bicyclic) bond motifs is 1. The van der Waals surface area contributed by atoms with Gasteiger partial charge in [0.25, 0.3) is 0 Å². The van der Waals surface area contributed by atoms with Gasteiger partial charge in [0.15, 0.2) is 0 Å². The molecule has 1 fully saturated rings. The van der Waals surface area contributed by atoms with Gasteiger partial charge in [0.05, 0.1) is 5.52 Å². The predicted molar refractivity (Wildman–Crippen MR) is 148 cm³/mol. The van der Waals surface area contributed by atoms with Crippen molar-refractivity contribution < 1.29 is 4.74 Å². The van der Waals surface area contributed by atoms with Crippen LogP contribution in [0, 0.1) is 0 Å². The fourth-order valence-electron chi connectivity index (χ4n) is 4.86. The molecule has 4 aromatic rings. The fraction of sp³-hybridized carbons (Fsp3) is 0.333. The van der Waals surface area contributed by atoms with Crippen molar-refractivity contribution in [3.8, 4) is 11.5 Å². The van der Waals surface area contributed by atoms with E-state index in [2.05, 4.69) is 51.9 Å². The Bertz CT molecular complexity index is 1250. The van der Waals surface area contributed by atoms with Crippen LogP contribution in [-0.4, -0.2) is 42.7 Å². The van der Waals surface area contributed by atoms with Crippen molar-refractivity contribution in [2.24, 2.45) is 0 Å². The van der Waals surface area contributed by atoms with Crippen molar-refractivity contribution in [3.05, 3.63) is 84.4 Å². The fourth-order valence-corrected chi connectivity index (χ4v) is 4.86. The lowest BCUT2D eigenvalue weighted by molar-refractivity contribution is 0.355. The lowest BCUT2D eigenvalue weighted by Crippen LogP contribution is -2.38. The highest BCUT2D eigenvalue weighted by atomic mass is 16.5. The van der Waals surface area contributed by atoms with Gasteiger partial charge in [-0.15, -0.1) is 0 Å². The molecular weight excluding hydrogens is 446 g/mol. The van der Waals surface area contributed by atoms with Crippen LogP contribution in [0.3, 0.4) is 0 Å². The summed E-state index contributed by atoms with van der Waals surface area (Å²) in [5.41, 5.74) is 2.30. The molecule has 1 aliphatic carbocycles. The van der Waals surface area contributed by atoms with E-state index in [9.17, 15) is 0 Å². The molecule has 0 saturated heterocycles. The van der Waals surface area contributed by atoms with Crippen LogP contribution in [0.4, 0.5) is 11.8 Å². The molecule has 36 heavy (non-hydrogen) atoms. The molecule has 186 valence electrons. The van der Waals surface area contributed by atoms with E-state index in [-0.39, 0.29) is 0 Å². The van der Waals surface area contributed by atoms with E-state index >= 15 is 0 Å². The lowest BCUT2D eigenvalue weighted by Gasteiger charge is -2.30. The second kappa shape index (κ2) is 11.4. The minimum atomic E-state index is 0.413. The van der Waals surface area contributed by atoms with E-state index < -0.39 is 0 Å². The number of rotatable bonds is 9. The van der Waals surface area contributed by atoms with Crippen LogP contribution >= 0.6 is 0 Å². The van der Waals surface area contributed by atoms with Crippen molar-refractivity contribution in [1.82, 2.24) is 15.3 Å². The Morgan fingerprint density at radius 1 is 0.778 bits per heavy atom.